The van der Waals surface area contributed by atoms with E-state index in [4.69, 9.17) is 16.3 Å². The predicted octanol–water partition coefficient (Wildman–Crippen LogP) is 4.98. The summed E-state index contributed by atoms with van der Waals surface area (Å²) < 4.78 is 5.46. The molecule has 0 amide bonds. The lowest BCUT2D eigenvalue weighted by Crippen LogP contribution is -2.34. The van der Waals surface area contributed by atoms with Crippen molar-refractivity contribution in [3.05, 3.63) is 23.2 Å². The first kappa shape index (κ1) is 14.5. The van der Waals surface area contributed by atoms with Crippen molar-refractivity contribution in [2.45, 2.75) is 46.1 Å². The molecule has 3 atom stereocenters. The van der Waals surface area contributed by atoms with E-state index in [-0.39, 0.29) is 0 Å². The highest BCUT2D eigenvalue weighted by molar-refractivity contribution is 6.32. The smallest absolute Gasteiger partial charge is 0.138 e. The van der Waals surface area contributed by atoms with E-state index >= 15 is 0 Å². The van der Waals surface area contributed by atoms with Crippen LogP contribution in [0.1, 0.15) is 40.0 Å². The number of halogens is 1. The fraction of sp³-hybridized carbons (Fsp3) is 0.625. The highest BCUT2D eigenvalue weighted by Crippen LogP contribution is 2.33. The van der Waals surface area contributed by atoms with Gasteiger partial charge in [-0.2, -0.15) is 0 Å². The van der Waals surface area contributed by atoms with Gasteiger partial charge in [-0.05, 0) is 43.4 Å². The molecular formula is C16H24ClNO. The topological polar surface area (TPSA) is 21.3 Å². The van der Waals surface area contributed by atoms with Gasteiger partial charge in [0.05, 0.1) is 11.6 Å². The van der Waals surface area contributed by atoms with Crippen LogP contribution in [0.3, 0.4) is 0 Å². The van der Waals surface area contributed by atoms with Gasteiger partial charge in [-0.15, -0.1) is 0 Å². The molecule has 1 aromatic rings. The first-order valence-corrected chi connectivity index (χ1v) is 7.68. The Hall–Kier alpha value is -0.890. The Morgan fingerprint density at radius 3 is 2.79 bits per heavy atom. The minimum absolute atomic E-state index is 0.553. The lowest BCUT2D eigenvalue weighted by atomic mass is 9.78. The van der Waals surface area contributed by atoms with E-state index in [2.05, 4.69) is 25.2 Å². The zero-order valence-corrected chi connectivity index (χ0v) is 12.8. The van der Waals surface area contributed by atoms with Gasteiger partial charge in [0.2, 0.25) is 0 Å². The van der Waals surface area contributed by atoms with Gasteiger partial charge in [0.1, 0.15) is 5.75 Å². The van der Waals surface area contributed by atoms with Gasteiger partial charge in [0.25, 0.3) is 0 Å². The van der Waals surface area contributed by atoms with Crippen LogP contribution in [0, 0.1) is 11.8 Å². The van der Waals surface area contributed by atoms with Gasteiger partial charge in [-0.1, -0.05) is 38.3 Å². The molecule has 1 saturated carbocycles. The van der Waals surface area contributed by atoms with Crippen molar-refractivity contribution in [1.82, 2.24) is 0 Å². The van der Waals surface area contributed by atoms with Gasteiger partial charge in [0.15, 0.2) is 0 Å². The summed E-state index contributed by atoms with van der Waals surface area (Å²) in [7, 11) is 0. The average Bonchev–Trinajstić information content (AvgIpc) is 2.38. The largest absolute Gasteiger partial charge is 0.492 e. The van der Waals surface area contributed by atoms with Crippen molar-refractivity contribution in [1.29, 1.82) is 0 Å². The number of nitrogens with one attached hydrogen (secondary N) is 1. The molecule has 19 heavy (non-hydrogen) atoms. The SMILES string of the molecule is CCOc1ccc(NC2CCCC(C)C2C)cc1Cl. The minimum Gasteiger partial charge on any atom is -0.492 e. The summed E-state index contributed by atoms with van der Waals surface area (Å²) in [5, 5.41) is 4.31. The van der Waals surface area contributed by atoms with Crippen molar-refractivity contribution in [3.8, 4) is 5.75 Å². The third-order valence-corrected chi connectivity index (χ3v) is 4.59. The van der Waals surface area contributed by atoms with E-state index in [0.717, 1.165) is 17.4 Å². The van der Waals surface area contributed by atoms with E-state index in [1.54, 1.807) is 0 Å². The zero-order chi connectivity index (χ0) is 13.8. The molecule has 1 N–H and O–H groups in total. The van der Waals surface area contributed by atoms with Gasteiger partial charge in [-0.3, -0.25) is 0 Å². The van der Waals surface area contributed by atoms with Crippen LogP contribution in [0.25, 0.3) is 0 Å². The summed E-state index contributed by atoms with van der Waals surface area (Å²) >= 11 is 6.23. The van der Waals surface area contributed by atoms with Crippen molar-refractivity contribution >= 4 is 17.3 Å². The molecule has 0 aromatic heterocycles. The number of rotatable bonds is 4. The van der Waals surface area contributed by atoms with Crippen LogP contribution >= 0.6 is 11.6 Å². The molecular weight excluding hydrogens is 258 g/mol. The average molecular weight is 282 g/mol. The van der Waals surface area contributed by atoms with Gasteiger partial charge >= 0.3 is 0 Å². The fourth-order valence-electron chi connectivity index (χ4n) is 2.86. The van der Waals surface area contributed by atoms with Gasteiger partial charge in [0, 0.05) is 11.7 Å². The Labute approximate surface area is 121 Å². The fourth-order valence-corrected chi connectivity index (χ4v) is 3.10. The van der Waals surface area contributed by atoms with Crippen molar-refractivity contribution in [3.63, 3.8) is 0 Å². The maximum Gasteiger partial charge on any atom is 0.138 e. The van der Waals surface area contributed by atoms with Crippen molar-refractivity contribution in [2.75, 3.05) is 11.9 Å². The molecule has 2 nitrogen and oxygen atoms in total. The van der Waals surface area contributed by atoms with E-state index in [1.165, 1.54) is 19.3 Å². The molecule has 2 rings (SSSR count). The highest BCUT2D eigenvalue weighted by Gasteiger charge is 2.26. The van der Waals surface area contributed by atoms with Crippen LogP contribution < -0.4 is 10.1 Å². The summed E-state index contributed by atoms with van der Waals surface area (Å²) in [4.78, 5) is 0. The maximum absolute atomic E-state index is 6.23. The second kappa shape index (κ2) is 6.51. The Morgan fingerprint density at radius 1 is 1.32 bits per heavy atom. The molecule has 0 bridgehead atoms. The summed E-state index contributed by atoms with van der Waals surface area (Å²) in [5.74, 6) is 2.27. The number of anilines is 1. The van der Waals surface area contributed by atoms with Crippen LogP contribution in [0.4, 0.5) is 5.69 Å². The van der Waals surface area contributed by atoms with Gasteiger partial charge in [-0.25, -0.2) is 0 Å². The summed E-state index contributed by atoms with van der Waals surface area (Å²) in [6, 6.07) is 6.53. The highest BCUT2D eigenvalue weighted by atomic mass is 35.5. The number of hydrogen-bond acceptors (Lipinski definition) is 2. The first-order valence-electron chi connectivity index (χ1n) is 7.30. The number of benzene rings is 1. The summed E-state index contributed by atoms with van der Waals surface area (Å²) in [6.07, 6.45) is 3.91. The quantitative estimate of drug-likeness (QED) is 0.841. The van der Waals surface area contributed by atoms with E-state index in [1.807, 2.05) is 19.1 Å². The van der Waals surface area contributed by atoms with Crippen LogP contribution in [0.15, 0.2) is 18.2 Å². The molecule has 1 aliphatic rings. The molecule has 3 heteroatoms. The Morgan fingerprint density at radius 2 is 2.11 bits per heavy atom. The second-order valence-electron chi connectivity index (χ2n) is 5.60. The van der Waals surface area contributed by atoms with Crippen LogP contribution in [0.2, 0.25) is 5.02 Å². The third kappa shape index (κ3) is 3.56. The normalized spacial score (nSPS) is 27.1. The van der Waals surface area contributed by atoms with E-state index in [0.29, 0.717) is 23.6 Å². The molecule has 106 valence electrons. The molecule has 0 heterocycles. The predicted molar refractivity (Wildman–Crippen MR) is 82.2 cm³/mol. The summed E-state index contributed by atoms with van der Waals surface area (Å²) in [6.45, 7) is 7.30. The first-order chi connectivity index (χ1) is 9.11. The van der Waals surface area contributed by atoms with E-state index < -0.39 is 0 Å². The zero-order valence-electron chi connectivity index (χ0n) is 12.1. The summed E-state index contributed by atoms with van der Waals surface area (Å²) in [5.41, 5.74) is 1.10. The maximum atomic E-state index is 6.23. The molecule has 1 fully saturated rings. The molecule has 1 aliphatic carbocycles. The lowest BCUT2D eigenvalue weighted by Gasteiger charge is -2.35. The molecule has 0 saturated heterocycles. The minimum atomic E-state index is 0.553. The Kier molecular flexibility index (Phi) is 4.98. The Balaban J connectivity index is 2.04. The van der Waals surface area contributed by atoms with E-state index in [9.17, 15) is 0 Å². The monoisotopic (exact) mass is 281 g/mol. The van der Waals surface area contributed by atoms with Crippen LogP contribution in [-0.4, -0.2) is 12.6 Å². The van der Waals surface area contributed by atoms with Crippen LogP contribution in [0.5, 0.6) is 5.75 Å². The number of hydrogen-bond donors (Lipinski definition) is 1. The van der Waals surface area contributed by atoms with Crippen molar-refractivity contribution < 1.29 is 4.74 Å². The molecule has 0 aliphatic heterocycles. The van der Waals surface area contributed by atoms with Crippen molar-refractivity contribution in [2.24, 2.45) is 11.8 Å². The second-order valence-corrected chi connectivity index (χ2v) is 6.00. The molecule has 1 aromatic carbocycles. The molecule has 0 radical (unpaired) electrons. The third-order valence-electron chi connectivity index (χ3n) is 4.29. The molecule has 0 spiro atoms. The van der Waals surface area contributed by atoms with Crippen LogP contribution in [-0.2, 0) is 0 Å². The lowest BCUT2D eigenvalue weighted by molar-refractivity contribution is 0.253. The Bertz CT molecular complexity index is 421. The number of ether oxygens (including phenoxy) is 1. The standard InChI is InChI=1S/C16H24ClNO/c1-4-19-16-9-8-13(10-14(16)17)18-15-7-5-6-11(2)12(15)3/h8-12,15,18H,4-7H2,1-3H3. The molecule has 3 unspecified atom stereocenters. The van der Waals surface area contributed by atoms with Gasteiger partial charge < -0.3 is 10.1 Å².